The Morgan fingerprint density at radius 3 is 2.25 bits per heavy atom. The summed E-state index contributed by atoms with van der Waals surface area (Å²) in [6, 6.07) is 10.0. The number of nitrogens with zero attached hydrogens (tertiary/aromatic N) is 3. The number of alkyl halides is 3. The van der Waals surface area contributed by atoms with Crippen molar-refractivity contribution in [2.24, 2.45) is 5.41 Å². The fraction of sp³-hybridized carbons (Fsp3) is 0.440. The first kappa shape index (κ1) is 26.0. The summed E-state index contributed by atoms with van der Waals surface area (Å²) in [4.78, 5) is 45.7. The molecule has 1 atom stereocenters. The van der Waals surface area contributed by atoms with E-state index < -0.39 is 24.0 Å². The topological polar surface area (TPSA) is 82.6 Å². The van der Waals surface area contributed by atoms with Crippen molar-refractivity contribution < 1.29 is 27.6 Å². The normalized spacial score (nSPS) is 18.2. The van der Waals surface area contributed by atoms with E-state index in [1.807, 2.05) is 11.6 Å². The van der Waals surface area contributed by atoms with Crippen molar-refractivity contribution >= 4 is 29.5 Å². The molecule has 1 aromatic carbocycles. The van der Waals surface area contributed by atoms with Crippen LogP contribution in [0.3, 0.4) is 0 Å². The summed E-state index contributed by atoms with van der Waals surface area (Å²) < 4.78 is 38.8. The van der Waals surface area contributed by atoms with Gasteiger partial charge in [-0.15, -0.1) is 11.8 Å². The maximum absolute atomic E-state index is 13.3. The number of hydrogen-bond donors (Lipinski definition) is 1. The Labute approximate surface area is 211 Å². The van der Waals surface area contributed by atoms with E-state index in [1.54, 1.807) is 46.3 Å². The summed E-state index contributed by atoms with van der Waals surface area (Å²) in [5.74, 6) is -2.79. The minimum Gasteiger partial charge on any atom is -0.340 e. The van der Waals surface area contributed by atoms with Crippen molar-refractivity contribution in [1.29, 1.82) is 0 Å². The van der Waals surface area contributed by atoms with Gasteiger partial charge in [0.05, 0.1) is 5.56 Å². The predicted octanol–water partition coefficient (Wildman–Crippen LogP) is 3.68. The number of nitrogens with one attached hydrogen (secondary N) is 1. The third-order valence-corrected chi connectivity index (χ3v) is 7.68. The molecule has 2 fully saturated rings. The Morgan fingerprint density at radius 1 is 1.00 bits per heavy atom. The highest BCUT2D eigenvalue weighted by Gasteiger charge is 2.46. The van der Waals surface area contributed by atoms with Crippen LogP contribution in [0.2, 0.25) is 0 Å². The molecule has 2 aromatic rings. The van der Waals surface area contributed by atoms with E-state index in [4.69, 9.17) is 0 Å². The molecule has 0 saturated carbocycles. The number of carbonyl (C=O) groups excluding carboxylic acids is 3. The Balaban J connectivity index is 1.43. The minimum absolute atomic E-state index is 0.0766. The summed E-state index contributed by atoms with van der Waals surface area (Å²) in [5.41, 5.74) is 0.650. The molecule has 2 aliphatic rings. The standard InChI is InChI=1S/C25H27F3N4O3S/c1-36-20-18(8-5-12-29-20)21(33)31-13-9-24(10-14-31)11-15-32(16-24)22(34)19(17-6-3-2-4-7-17)30-23(35)25(26,27)28/h2-8,12,19H,9-11,13-16H2,1H3,(H,30,35)/t19-/m0/s1. The fourth-order valence-electron chi connectivity index (χ4n) is 4.93. The molecule has 11 heteroatoms. The lowest BCUT2D eigenvalue weighted by molar-refractivity contribution is -0.175. The van der Waals surface area contributed by atoms with Crippen molar-refractivity contribution in [3.05, 3.63) is 59.8 Å². The molecular formula is C25H27F3N4O3S. The van der Waals surface area contributed by atoms with Crippen LogP contribution in [0.5, 0.6) is 0 Å². The van der Waals surface area contributed by atoms with Crippen molar-refractivity contribution in [3.63, 3.8) is 0 Å². The van der Waals surface area contributed by atoms with Gasteiger partial charge in [0.15, 0.2) is 0 Å². The van der Waals surface area contributed by atoms with Crippen LogP contribution in [-0.2, 0) is 9.59 Å². The first-order valence-electron chi connectivity index (χ1n) is 11.6. The molecule has 3 amide bonds. The molecule has 0 radical (unpaired) electrons. The smallest absolute Gasteiger partial charge is 0.340 e. The average Bonchev–Trinajstić information content (AvgIpc) is 3.30. The number of rotatable bonds is 5. The van der Waals surface area contributed by atoms with Crippen LogP contribution in [-0.4, -0.2) is 71.1 Å². The van der Waals surface area contributed by atoms with Crippen LogP contribution in [0.4, 0.5) is 13.2 Å². The first-order valence-corrected chi connectivity index (χ1v) is 12.9. The third-order valence-electron chi connectivity index (χ3n) is 6.97. The molecule has 0 unspecified atom stereocenters. The first-order chi connectivity index (χ1) is 17.1. The number of halogens is 3. The Bertz CT molecular complexity index is 1120. The molecule has 1 N–H and O–H groups in total. The van der Waals surface area contributed by atoms with Gasteiger partial charge < -0.3 is 15.1 Å². The van der Waals surface area contributed by atoms with Gasteiger partial charge in [-0.25, -0.2) is 4.98 Å². The number of pyridine rings is 1. The van der Waals surface area contributed by atoms with E-state index in [0.717, 1.165) is 0 Å². The highest BCUT2D eigenvalue weighted by Crippen LogP contribution is 2.41. The summed E-state index contributed by atoms with van der Waals surface area (Å²) in [6.45, 7) is 1.81. The zero-order chi connectivity index (χ0) is 25.9. The zero-order valence-electron chi connectivity index (χ0n) is 19.8. The summed E-state index contributed by atoms with van der Waals surface area (Å²) >= 11 is 1.41. The van der Waals surface area contributed by atoms with Gasteiger partial charge in [0.1, 0.15) is 11.1 Å². The molecule has 2 aliphatic heterocycles. The van der Waals surface area contributed by atoms with Gasteiger partial charge in [-0.3, -0.25) is 14.4 Å². The molecule has 4 rings (SSSR count). The second-order valence-corrected chi connectivity index (χ2v) is 9.97. The van der Waals surface area contributed by atoms with Gasteiger partial charge in [0.2, 0.25) is 5.91 Å². The fourth-order valence-corrected chi connectivity index (χ4v) is 5.47. The predicted molar refractivity (Wildman–Crippen MR) is 128 cm³/mol. The summed E-state index contributed by atoms with van der Waals surface area (Å²) in [6.07, 6.45) is 0.485. The number of carbonyl (C=O) groups is 3. The van der Waals surface area contributed by atoms with Gasteiger partial charge >= 0.3 is 12.1 Å². The van der Waals surface area contributed by atoms with Crippen LogP contribution in [0.25, 0.3) is 0 Å². The number of hydrogen-bond acceptors (Lipinski definition) is 5. The molecule has 0 bridgehead atoms. The van der Waals surface area contributed by atoms with Gasteiger partial charge in [-0.1, -0.05) is 30.3 Å². The van der Waals surface area contributed by atoms with Crippen molar-refractivity contribution in [1.82, 2.24) is 20.1 Å². The third kappa shape index (κ3) is 5.50. The van der Waals surface area contributed by atoms with E-state index in [1.165, 1.54) is 23.9 Å². The number of aromatic nitrogens is 1. The lowest BCUT2D eigenvalue weighted by Crippen LogP contribution is -2.48. The maximum atomic E-state index is 13.3. The van der Waals surface area contributed by atoms with Crippen LogP contribution in [0, 0.1) is 5.41 Å². The van der Waals surface area contributed by atoms with E-state index in [9.17, 15) is 27.6 Å². The number of thioether (sulfide) groups is 1. The van der Waals surface area contributed by atoms with Crippen LogP contribution < -0.4 is 5.32 Å². The average molecular weight is 521 g/mol. The molecule has 36 heavy (non-hydrogen) atoms. The van der Waals surface area contributed by atoms with E-state index >= 15 is 0 Å². The number of likely N-dealkylation sites (tertiary alicyclic amines) is 2. The van der Waals surface area contributed by atoms with Gasteiger partial charge in [-0.2, -0.15) is 13.2 Å². The van der Waals surface area contributed by atoms with Crippen molar-refractivity contribution in [3.8, 4) is 0 Å². The quantitative estimate of drug-likeness (QED) is 0.609. The lowest BCUT2D eigenvalue weighted by atomic mass is 9.77. The Kier molecular flexibility index (Phi) is 7.58. The Morgan fingerprint density at radius 2 is 1.64 bits per heavy atom. The lowest BCUT2D eigenvalue weighted by Gasteiger charge is -2.39. The molecule has 2 saturated heterocycles. The summed E-state index contributed by atoms with van der Waals surface area (Å²) in [5, 5.41) is 2.55. The number of benzene rings is 1. The molecule has 7 nitrogen and oxygen atoms in total. The van der Waals surface area contributed by atoms with Gasteiger partial charge in [0.25, 0.3) is 5.91 Å². The molecule has 3 heterocycles. The van der Waals surface area contributed by atoms with Crippen molar-refractivity contribution in [2.45, 2.75) is 36.5 Å². The maximum Gasteiger partial charge on any atom is 0.471 e. The van der Waals surface area contributed by atoms with E-state index in [-0.39, 0.29) is 11.3 Å². The number of piperidine rings is 1. The molecule has 0 aliphatic carbocycles. The SMILES string of the molecule is CSc1ncccc1C(=O)N1CCC2(CC1)CCN(C(=O)[C@@H](NC(=O)C(F)(F)F)c1ccccc1)C2. The van der Waals surface area contributed by atoms with Gasteiger partial charge in [0, 0.05) is 32.4 Å². The second kappa shape index (κ2) is 10.5. The molecular weight excluding hydrogens is 493 g/mol. The highest BCUT2D eigenvalue weighted by molar-refractivity contribution is 7.98. The van der Waals surface area contributed by atoms with Crippen molar-refractivity contribution in [2.75, 3.05) is 32.4 Å². The minimum atomic E-state index is -5.09. The summed E-state index contributed by atoms with van der Waals surface area (Å²) in [7, 11) is 0. The van der Waals surface area contributed by atoms with Crippen LogP contribution in [0.15, 0.2) is 53.7 Å². The molecule has 1 aromatic heterocycles. The molecule has 192 valence electrons. The van der Waals surface area contributed by atoms with Crippen LogP contribution in [0.1, 0.15) is 41.2 Å². The monoisotopic (exact) mass is 520 g/mol. The van der Waals surface area contributed by atoms with E-state index in [2.05, 4.69) is 4.98 Å². The molecule has 1 spiro atoms. The highest BCUT2D eigenvalue weighted by atomic mass is 32.2. The largest absolute Gasteiger partial charge is 0.471 e. The van der Waals surface area contributed by atoms with Crippen LogP contribution >= 0.6 is 11.8 Å². The van der Waals surface area contributed by atoms with Gasteiger partial charge in [-0.05, 0) is 48.6 Å². The van der Waals surface area contributed by atoms with E-state index in [0.29, 0.717) is 61.6 Å². The number of amides is 3. The zero-order valence-corrected chi connectivity index (χ0v) is 20.6. The Hall–Kier alpha value is -3.08. The second-order valence-electron chi connectivity index (χ2n) is 9.18.